The molecule has 1 aromatic heterocycles. The molecule has 1 atom stereocenters. The molecule has 0 fully saturated rings. The molecule has 21 heavy (non-hydrogen) atoms. The fourth-order valence-corrected chi connectivity index (χ4v) is 2.25. The van der Waals surface area contributed by atoms with E-state index < -0.39 is 5.41 Å². The van der Waals surface area contributed by atoms with Gasteiger partial charge in [0.2, 0.25) is 5.91 Å². The first-order valence-electron chi connectivity index (χ1n) is 6.99. The predicted octanol–water partition coefficient (Wildman–Crippen LogP) is 1.64. The minimum atomic E-state index is -0.637. The van der Waals surface area contributed by atoms with E-state index in [2.05, 4.69) is 4.98 Å². The molecule has 0 aliphatic rings. The van der Waals surface area contributed by atoms with Gasteiger partial charge in [0.15, 0.2) is 0 Å². The highest BCUT2D eigenvalue weighted by atomic mass is 16.1. The first-order valence-corrected chi connectivity index (χ1v) is 6.99. The third kappa shape index (κ3) is 3.70. The Morgan fingerprint density at radius 3 is 2.62 bits per heavy atom. The van der Waals surface area contributed by atoms with Gasteiger partial charge >= 0.3 is 0 Å². The zero-order chi connectivity index (χ0) is 15.5. The highest BCUT2D eigenvalue weighted by Crippen LogP contribution is 2.22. The molecule has 0 saturated heterocycles. The number of carbonyl (C=O) groups is 1. The molecule has 5 nitrogen and oxygen atoms in total. The summed E-state index contributed by atoms with van der Waals surface area (Å²) in [7, 11) is 0. The van der Waals surface area contributed by atoms with Crippen molar-refractivity contribution in [2.45, 2.75) is 32.9 Å². The summed E-state index contributed by atoms with van der Waals surface area (Å²) in [5.74, 6) is -0.334. The summed E-state index contributed by atoms with van der Waals surface area (Å²) >= 11 is 0. The largest absolute Gasteiger partial charge is 0.369 e. The van der Waals surface area contributed by atoms with E-state index in [1.54, 1.807) is 12.5 Å². The van der Waals surface area contributed by atoms with Crippen molar-refractivity contribution in [1.82, 2.24) is 9.55 Å². The molecular formula is C16H22N4O. The van der Waals surface area contributed by atoms with Gasteiger partial charge in [-0.15, -0.1) is 0 Å². The predicted molar refractivity (Wildman–Crippen MR) is 82.3 cm³/mol. The van der Waals surface area contributed by atoms with Gasteiger partial charge in [-0.1, -0.05) is 30.3 Å². The van der Waals surface area contributed by atoms with Gasteiger partial charge in [-0.2, -0.15) is 0 Å². The number of amides is 1. The Hall–Kier alpha value is -2.14. The molecule has 1 aromatic carbocycles. The van der Waals surface area contributed by atoms with Crippen LogP contribution in [-0.4, -0.2) is 15.5 Å². The van der Waals surface area contributed by atoms with Crippen LogP contribution in [0.15, 0.2) is 42.9 Å². The van der Waals surface area contributed by atoms with Crippen molar-refractivity contribution < 1.29 is 4.79 Å². The fraction of sp³-hybridized carbons (Fsp3) is 0.375. The number of nitrogens with zero attached hydrogens (tertiary/aromatic N) is 2. The normalized spacial score (nSPS) is 13.1. The molecule has 2 aromatic rings. The molecular weight excluding hydrogens is 264 g/mol. The van der Waals surface area contributed by atoms with Crippen LogP contribution in [0.1, 0.15) is 31.1 Å². The van der Waals surface area contributed by atoms with Crippen LogP contribution in [-0.2, 0) is 17.8 Å². The van der Waals surface area contributed by atoms with Crippen molar-refractivity contribution in [2.75, 3.05) is 0 Å². The molecule has 5 heteroatoms. The van der Waals surface area contributed by atoms with Crippen LogP contribution in [0.4, 0.5) is 0 Å². The van der Waals surface area contributed by atoms with Crippen molar-refractivity contribution in [3.05, 3.63) is 54.1 Å². The molecule has 2 rings (SSSR count). The van der Waals surface area contributed by atoms with Crippen molar-refractivity contribution in [2.24, 2.45) is 16.9 Å². The van der Waals surface area contributed by atoms with E-state index in [0.29, 0.717) is 6.54 Å². The molecule has 0 radical (unpaired) electrons. The molecule has 0 saturated carbocycles. The van der Waals surface area contributed by atoms with Gasteiger partial charge in [-0.3, -0.25) is 4.79 Å². The van der Waals surface area contributed by atoms with E-state index in [1.807, 2.05) is 48.7 Å². The van der Waals surface area contributed by atoms with E-state index in [9.17, 15) is 4.79 Å². The summed E-state index contributed by atoms with van der Waals surface area (Å²) in [6, 6.07) is 9.90. The smallest absolute Gasteiger partial charge is 0.224 e. The molecule has 112 valence electrons. The Balaban J connectivity index is 2.14. The highest BCUT2D eigenvalue weighted by molar-refractivity contribution is 5.79. The first-order chi connectivity index (χ1) is 9.90. The van der Waals surface area contributed by atoms with Gasteiger partial charge in [-0.05, 0) is 25.8 Å². The summed E-state index contributed by atoms with van der Waals surface area (Å²) in [5, 5.41) is 0. The van der Waals surface area contributed by atoms with Gasteiger partial charge in [0.25, 0.3) is 0 Å². The Morgan fingerprint density at radius 1 is 1.33 bits per heavy atom. The number of hydrogen-bond acceptors (Lipinski definition) is 3. The van der Waals surface area contributed by atoms with Crippen LogP contribution in [0, 0.1) is 5.41 Å². The van der Waals surface area contributed by atoms with Crippen LogP contribution in [0.5, 0.6) is 0 Å². The Morgan fingerprint density at radius 2 is 2.00 bits per heavy atom. The number of rotatable bonds is 6. The minimum Gasteiger partial charge on any atom is -0.369 e. The second-order valence-corrected chi connectivity index (χ2v) is 5.99. The Labute approximate surface area is 125 Å². The van der Waals surface area contributed by atoms with Gasteiger partial charge in [0.1, 0.15) is 0 Å². The molecule has 4 N–H and O–H groups in total. The third-order valence-corrected chi connectivity index (χ3v) is 3.66. The maximum atomic E-state index is 11.5. The van der Waals surface area contributed by atoms with Gasteiger partial charge in [0, 0.05) is 12.7 Å². The SMILES string of the molecule is CC(C)(Cn1cncc1[C@H](N)Cc1ccccc1)C(N)=O. The summed E-state index contributed by atoms with van der Waals surface area (Å²) in [6.45, 7) is 4.11. The average Bonchev–Trinajstić information content (AvgIpc) is 2.87. The summed E-state index contributed by atoms with van der Waals surface area (Å²) in [5.41, 5.74) is 13.2. The number of imidazole rings is 1. The third-order valence-electron chi connectivity index (χ3n) is 3.66. The molecule has 1 heterocycles. The average molecular weight is 286 g/mol. The van der Waals surface area contributed by atoms with Gasteiger partial charge < -0.3 is 16.0 Å². The number of nitrogens with two attached hydrogens (primary N) is 2. The summed E-state index contributed by atoms with van der Waals surface area (Å²) in [6.07, 6.45) is 4.18. The van der Waals surface area contributed by atoms with E-state index in [-0.39, 0.29) is 11.9 Å². The zero-order valence-corrected chi connectivity index (χ0v) is 12.5. The number of aromatic nitrogens is 2. The standard InChI is InChI=1S/C16H22N4O/c1-16(2,15(18)21)10-20-11-19-9-14(20)13(17)8-12-6-4-3-5-7-12/h3-7,9,11,13H,8,10,17H2,1-2H3,(H2,18,21)/t13-/m1/s1. The zero-order valence-electron chi connectivity index (χ0n) is 12.5. The van der Waals surface area contributed by atoms with Gasteiger partial charge in [0.05, 0.1) is 23.5 Å². The van der Waals surface area contributed by atoms with Crippen LogP contribution < -0.4 is 11.5 Å². The van der Waals surface area contributed by atoms with Crippen LogP contribution >= 0.6 is 0 Å². The number of carbonyl (C=O) groups excluding carboxylic acids is 1. The highest BCUT2D eigenvalue weighted by Gasteiger charge is 2.27. The van der Waals surface area contributed by atoms with Crippen LogP contribution in [0.25, 0.3) is 0 Å². The quantitative estimate of drug-likeness (QED) is 0.846. The Kier molecular flexibility index (Phi) is 4.43. The van der Waals surface area contributed by atoms with Crippen molar-refractivity contribution in [3.8, 4) is 0 Å². The lowest BCUT2D eigenvalue weighted by atomic mass is 9.92. The molecule has 0 bridgehead atoms. The summed E-state index contributed by atoms with van der Waals surface area (Å²) < 4.78 is 1.92. The first kappa shape index (κ1) is 15.3. The number of hydrogen-bond donors (Lipinski definition) is 2. The van der Waals surface area contributed by atoms with Crippen molar-refractivity contribution >= 4 is 5.91 Å². The number of primary amides is 1. The van der Waals surface area contributed by atoms with Gasteiger partial charge in [-0.25, -0.2) is 4.98 Å². The molecule has 0 spiro atoms. The van der Waals surface area contributed by atoms with Crippen molar-refractivity contribution in [3.63, 3.8) is 0 Å². The summed E-state index contributed by atoms with van der Waals surface area (Å²) in [4.78, 5) is 15.6. The second kappa shape index (κ2) is 6.10. The van der Waals surface area contributed by atoms with Crippen LogP contribution in [0.3, 0.4) is 0 Å². The topological polar surface area (TPSA) is 86.9 Å². The Bertz CT molecular complexity index is 604. The lowest BCUT2D eigenvalue weighted by Crippen LogP contribution is -2.36. The number of benzene rings is 1. The lowest BCUT2D eigenvalue weighted by Gasteiger charge is -2.23. The molecule has 0 aliphatic carbocycles. The van der Waals surface area contributed by atoms with E-state index in [0.717, 1.165) is 12.1 Å². The molecule has 0 unspecified atom stereocenters. The fourth-order valence-electron chi connectivity index (χ4n) is 2.25. The second-order valence-electron chi connectivity index (χ2n) is 5.99. The molecule has 0 aliphatic heterocycles. The maximum Gasteiger partial charge on any atom is 0.224 e. The lowest BCUT2D eigenvalue weighted by molar-refractivity contribution is -0.126. The van der Waals surface area contributed by atoms with Crippen LogP contribution in [0.2, 0.25) is 0 Å². The monoisotopic (exact) mass is 286 g/mol. The van der Waals surface area contributed by atoms with E-state index in [1.165, 1.54) is 5.56 Å². The molecule has 1 amide bonds. The minimum absolute atomic E-state index is 0.168. The maximum absolute atomic E-state index is 11.5. The van der Waals surface area contributed by atoms with Crippen molar-refractivity contribution in [1.29, 1.82) is 0 Å². The van der Waals surface area contributed by atoms with E-state index in [4.69, 9.17) is 11.5 Å². The van der Waals surface area contributed by atoms with E-state index >= 15 is 0 Å².